The molecule has 4 heteroatoms. The highest BCUT2D eigenvalue weighted by atomic mass is 35.5. The highest BCUT2D eigenvalue weighted by Crippen LogP contribution is 2.50. The van der Waals surface area contributed by atoms with E-state index in [2.05, 4.69) is 24.5 Å². The van der Waals surface area contributed by atoms with E-state index in [1.807, 2.05) is 0 Å². The summed E-state index contributed by atoms with van der Waals surface area (Å²) in [6, 6.07) is 0.0700. The second-order valence-corrected chi connectivity index (χ2v) is 5.64. The minimum absolute atomic E-state index is 0. The third-order valence-electron chi connectivity index (χ3n) is 3.87. The molecule has 0 radical (unpaired) electrons. The lowest BCUT2D eigenvalue weighted by Gasteiger charge is -2.22. The average molecular weight is 247 g/mol. The third-order valence-corrected chi connectivity index (χ3v) is 3.87. The zero-order chi connectivity index (χ0) is 10.9. The molecule has 3 nitrogen and oxygen atoms in total. The SMILES string of the molecule is CC1(C)CC1CNC(=O)[C@@H]1CCCCN1.Cl. The van der Waals surface area contributed by atoms with Gasteiger partial charge in [-0.1, -0.05) is 20.3 Å². The number of rotatable bonds is 3. The average Bonchev–Trinajstić information content (AvgIpc) is 2.84. The standard InChI is InChI=1S/C12H22N2O.ClH/c1-12(2)7-9(12)8-14-11(15)10-5-3-4-6-13-10;/h9-10,13H,3-8H2,1-2H3,(H,14,15);1H/t9?,10-;/m0./s1. The van der Waals surface area contributed by atoms with Crippen molar-refractivity contribution in [1.29, 1.82) is 0 Å². The first-order chi connectivity index (χ1) is 7.09. The van der Waals surface area contributed by atoms with Gasteiger partial charge < -0.3 is 10.6 Å². The molecule has 2 rings (SSSR count). The summed E-state index contributed by atoms with van der Waals surface area (Å²) in [6.45, 7) is 6.39. The molecule has 1 saturated heterocycles. The molecule has 2 aliphatic rings. The number of amides is 1. The Balaban J connectivity index is 0.00000128. The molecule has 2 N–H and O–H groups in total. The van der Waals surface area contributed by atoms with Crippen molar-refractivity contribution < 1.29 is 4.79 Å². The summed E-state index contributed by atoms with van der Waals surface area (Å²) in [4.78, 5) is 11.8. The predicted molar refractivity (Wildman–Crippen MR) is 67.8 cm³/mol. The van der Waals surface area contributed by atoms with Crippen molar-refractivity contribution in [3.63, 3.8) is 0 Å². The number of piperidine rings is 1. The Morgan fingerprint density at radius 2 is 2.12 bits per heavy atom. The van der Waals surface area contributed by atoms with Crippen LogP contribution in [0, 0.1) is 11.3 Å². The van der Waals surface area contributed by atoms with Crippen LogP contribution < -0.4 is 10.6 Å². The van der Waals surface area contributed by atoms with Gasteiger partial charge in [-0.25, -0.2) is 0 Å². The molecule has 1 aliphatic heterocycles. The van der Waals surface area contributed by atoms with E-state index in [0.29, 0.717) is 11.3 Å². The molecule has 1 unspecified atom stereocenters. The van der Waals surface area contributed by atoms with E-state index in [0.717, 1.165) is 19.5 Å². The van der Waals surface area contributed by atoms with Crippen LogP contribution in [0.15, 0.2) is 0 Å². The van der Waals surface area contributed by atoms with Gasteiger partial charge in [-0.2, -0.15) is 0 Å². The van der Waals surface area contributed by atoms with Crippen molar-refractivity contribution in [2.24, 2.45) is 11.3 Å². The summed E-state index contributed by atoms with van der Waals surface area (Å²) in [5.74, 6) is 0.905. The van der Waals surface area contributed by atoms with E-state index in [9.17, 15) is 4.79 Å². The van der Waals surface area contributed by atoms with Gasteiger partial charge in [0.2, 0.25) is 5.91 Å². The summed E-state index contributed by atoms with van der Waals surface area (Å²) in [5, 5.41) is 6.34. The molecule has 0 aromatic heterocycles. The molecular formula is C12H23ClN2O. The Labute approximate surface area is 104 Å². The zero-order valence-electron chi connectivity index (χ0n) is 10.2. The van der Waals surface area contributed by atoms with Crippen LogP contribution in [0.2, 0.25) is 0 Å². The van der Waals surface area contributed by atoms with E-state index < -0.39 is 0 Å². The van der Waals surface area contributed by atoms with Gasteiger partial charge in [0, 0.05) is 6.54 Å². The van der Waals surface area contributed by atoms with Crippen molar-refractivity contribution in [3.8, 4) is 0 Å². The second kappa shape index (κ2) is 5.37. The topological polar surface area (TPSA) is 41.1 Å². The zero-order valence-corrected chi connectivity index (χ0v) is 11.0. The van der Waals surface area contributed by atoms with Crippen LogP contribution >= 0.6 is 12.4 Å². The van der Waals surface area contributed by atoms with Crippen molar-refractivity contribution in [2.45, 2.75) is 45.6 Å². The van der Waals surface area contributed by atoms with Crippen LogP contribution in [0.25, 0.3) is 0 Å². The maximum absolute atomic E-state index is 11.8. The molecule has 0 aromatic carbocycles. The van der Waals surface area contributed by atoms with Crippen molar-refractivity contribution in [1.82, 2.24) is 10.6 Å². The van der Waals surface area contributed by atoms with Crippen LogP contribution in [-0.4, -0.2) is 25.0 Å². The molecule has 0 aromatic rings. The minimum atomic E-state index is 0. The second-order valence-electron chi connectivity index (χ2n) is 5.64. The number of hydrogen-bond acceptors (Lipinski definition) is 2. The largest absolute Gasteiger partial charge is 0.354 e. The Hall–Kier alpha value is -0.280. The monoisotopic (exact) mass is 246 g/mol. The molecule has 1 saturated carbocycles. The van der Waals surface area contributed by atoms with Crippen molar-refractivity contribution >= 4 is 18.3 Å². The molecule has 0 bridgehead atoms. The summed E-state index contributed by atoms with van der Waals surface area (Å²) >= 11 is 0. The Bertz CT molecular complexity index is 249. The van der Waals surface area contributed by atoms with Crippen LogP contribution in [0.4, 0.5) is 0 Å². The fourth-order valence-corrected chi connectivity index (χ4v) is 2.35. The third kappa shape index (κ3) is 3.36. The van der Waals surface area contributed by atoms with Crippen molar-refractivity contribution in [3.05, 3.63) is 0 Å². The Kier molecular flexibility index (Phi) is 4.62. The fraction of sp³-hybridized carbons (Fsp3) is 0.917. The van der Waals surface area contributed by atoms with Gasteiger partial charge in [0.05, 0.1) is 6.04 Å². The maximum atomic E-state index is 11.8. The van der Waals surface area contributed by atoms with Gasteiger partial charge in [-0.05, 0) is 37.1 Å². The molecule has 1 amide bonds. The van der Waals surface area contributed by atoms with Gasteiger partial charge in [0.15, 0.2) is 0 Å². The van der Waals surface area contributed by atoms with Gasteiger partial charge in [0.1, 0.15) is 0 Å². The lowest BCUT2D eigenvalue weighted by molar-refractivity contribution is -0.123. The maximum Gasteiger partial charge on any atom is 0.237 e. The first-order valence-corrected chi connectivity index (χ1v) is 6.11. The molecule has 1 aliphatic carbocycles. The van der Waals surface area contributed by atoms with Gasteiger partial charge in [-0.3, -0.25) is 4.79 Å². The van der Waals surface area contributed by atoms with Gasteiger partial charge in [0.25, 0.3) is 0 Å². The fourth-order valence-electron chi connectivity index (χ4n) is 2.35. The molecule has 2 fully saturated rings. The highest BCUT2D eigenvalue weighted by Gasteiger charge is 2.45. The van der Waals surface area contributed by atoms with Crippen LogP contribution in [0.1, 0.15) is 39.5 Å². The van der Waals surface area contributed by atoms with Crippen LogP contribution in [0.3, 0.4) is 0 Å². The van der Waals surface area contributed by atoms with E-state index in [4.69, 9.17) is 0 Å². The summed E-state index contributed by atoms with van der Waals surface area (Å²) in [6.07, 6.45) is 4.64. The lowest BCUT2D eigenvalue weighted by atomic mass is 10.0. The first-order valence-electron chi connectivity index (χ1n) is 6.11. The van der Waals surface area contributed by atoms with E-state index in [1.165, 1.54) is 19.3 Å². The molecule has 94 valence electrons. The van der Waals surface area contributed by atoms with E-state index >= 15 is 0 Å². The normalized spacial score (nSPS) is 31.4. The first kappa shape index (κ1) is 13.8. The molecule has 2 atom stereocenters. The number of carbonyl (C=O) groups excluding carboxylic acids is 1. The Morgan fingerprint density at radius 3 is 2.62 bits per heavy atom. The number of carbonyl (C=O) groups is 1. The quantitative estimate of drug-likeness (QED) is 0.796. The minimum Gasteiger partial charge on any atom is -0.354 e. The summed E-state index contributed by atoms with van der Waals surface area (Å²) < 4.78 is 0. The van der Waals surface area contributed by atoms with E-state index in [-0.39, 0.29) is 24.4 Å². The number of hydrogen-bond donors (Lipinski definition) is 2. The molecule has 1 heterocycles. The number of nitrogens with one attached hydrogen (secondary N) is 2. The van der Waals surface area contributed by atoms with Crippen LogP contribution in [0.5, 0.6) is 0 Å². The van der Waals surface area contributed by atoms with Crippen LogP contribution in [-0.2, 0) is 4.79 Å². The molecule has 16 heavy (non-hydrogen) atoms. The molecule has 0 spiro atoms. The lowest BCUT2D eigenvalue weighted by Crippen LogP contribution is -2.47. The van der Waals surface area contributed by atoms with Gasteiger partial charge in [-0.15, -0.1) is 12.4 Å². The predicted octanol–water partition coefficient (Wildman–Crippen LogP) is 1.71. The summed E-state index contributed by atoms with van der Waals surface area (Å²) in [5.41, 5.74) is 0.466. The smallest absolute Gasteiger partial charge is 0.237 e. The van der Waals surface area contributed by atoms with Gasteiger partial charge >= 0.3 is 0 Å². The van der Waals surface area contributed by atoms with E-state index in [1.54, 1.807) is 0 Å². The summed E-state index contributed by atoms with van der Waals surface area (Å²) in [7, 11) is 0. The van der Waals surface area contributed by atoms with Crippen molar-refractivity contribution in [2.75, 3.05) is 13.1 Å². The molecular weight excluding hydrogens is 224 g/mol. The Morgan fingerprint density at radius 1 is 1.44 bits per heavy atom. The highest BCUT2D eigenvalue weighted by molar-refractivity contribution is 5.85. The number of halogens is 1.